The van der Waals surface area contributed by atoms with Gasteiger partial charge in [-0.25, -0.2) is 4.79 Å². The number of hydrogen-bond acceptors (Lipinski definition) is 4. The lowest BCUT2D eigenvalue weighted by Gasteiger charge is -1.99. The molecule has 0 bridgehead atoms. The van der Waals surface area contributed by atoms with Crippen LogP contribution in [0.4, 0.5) is 0 Å². The standard InChI is InChI=1S/C12H11NO3.3C2H6/c1-8-10(12(14)15-2)11(13-16-8)9-6-4-3-5-7-9;3*1-2/h3-7H,1-2H3;3*1-2H3. The van der Waals surface area contributed by atoms with Gasteiger partial charge in [0.15, 0.2) is 0 Å². The molecular formula is C18H29NO3. The van der Waals surface area contributed by atoms with Crippen molar-refractivity contribution in [2.24, 2.45) is 0 Å². The van der Waals surface area contributed by atoms with Gasteiger partial charge in [0, 0.05) is 5.56 Å². The molecule has 0 saturated heterocycles. The zero-order valence-electron chi connectivity index (χ0n) is 15.1. The fraction of sp³-hybridized carbons (Fsp3) is 0.444. The molecule has 0 unspecified atom stereocenters. The molecule has 1 aromatic heterocycles. The molecule has 0 N–H and O–H groups in total. The number of carbonyl (C=O) groups is 1. The van der Waals surface area contributed by atoms with Crippen molar-refractivity contribution >= 4 is 5.97 Å². The monoisotopic (exact) mass is 307 g/mol. The summed E-state index contributed by atoms with van der Waals surface area (Å²) in [6.45, 7) is 13.7. The van der Waals surface area contributed by atoms with Gasteiger partial charge in [-0.1, -0.05) is 77.0 Å². The molecule has 0 amide bonds. The largest absolute Gasteiger partial charge is 0.465 e. The number of aryl methyl sites for hydroxylation is 1. The van der Waals surface area contributed by atoms with E-state index in [1.807, 2.05) is 71.9 Å². The summed E-state index contributed by atoms with van der Waals surface area (Å²) < 4.78 is 9.72. The van der Waals surface area contributed by atoms with Gasteiger partial charge in [-0.15, -0.1) is 0 Å². The molecule has 22 heavy (non-hydrogen) atoms. The number of benzene rings is 1. The summed E-state index contributed by atoms with van der Waals surface area (Å²) in [5, 5.41) is 3.88. The molecule has 0 fully saturated rings. The van der Waals surface area contributed by atoms with Gasteiger partial charge in [0.2, 0.25) is 0 Å². The Balaban J connectivity index is 0. The van der Waals surface area contributed by atoms with E-state index in [4.69, 9.17) is 9.26 Å². The molecule has 4 heteroatoms. The third kappa shape index (κ3) is 6.12. The first-order valence-electron chi connectivity index (χ1n) is 7.84. The highest BCUT2D eigenvalue weighted by atomic mass is 16.5. The molecule has 1 aromatic carbocycles. The quantitative estimate of drug-likeness (QED) is 0.686. The van der Waals surface area contributed by atoms with Crippen molar-refractivity contribution in [3.63, 3.8) is 0 Å². The van der Waals surface area contributed by atoms with E-state index in [1.54, 1.807) is 6.92 Å². The van der Waals surface area contributed by atoms with E-state index in [0.29, 0.717) is 17.0 Å². The van der Waals surface area contributed by atoms with Crippen molar-refractivity contribution in [2.75, 3.05) is 7.11 Å². The molecule has 0 saturated carbocycles. The highest BCUT2D eigenvalue weighted by molar-refractivity contribution is 5.96. The Morgan fingerprint density at radius 3 is 1.95 bits per heavy atom. The number of nitrogens with zero attached hydrogens (tertiary/aromatic N) is 1. The Morgan fingerprint density at radius 2 is 1.50 bits per heavy atom. The minimum Gasteiger partial charge on any atom is -0.465 e. The van der Waals surface area contributed by atoms with Crippen molar-refractivity contribution in [1.29, 1.82) is 0 Å². The van der Waals surface area contributed by atoms with Gasteiger partial charge in [0.1, 0.15) is 17.0 Å². The van der Waals surface area contributed by atoms with Gasteiger partial charge in [0.25, 0.3) is 0 Å². The highest BCUT2D eigenvalue weighted by Gasteiger charge is 2.21. The zero-order chi connectivity index (χ0) is 17.5. The number of aromatic nitrogens is 1. The van der Waals surface area contributed by atoms with Crippen LogP contribution >= 0.6 is 0 Å². The van der Waals surface area contributed by atoms with Gasteiger partial charge in [0.05, 0.1) is 7.11 Å². The second-order valence-corrected chi connectivity index (χ2v) is 3.32. The van der Waals surface area contributed by atoms with Crippen LogP contribution in [0.1, 0.15) is 57.7 Å². The number of methoxy groups -OCH3 is 1. The third-order valence-electron chi connectivity index (χ3n) is 2.30. The second-order valence-electron chi connectivity index (χ2n) is 3.32. The first kappa shape index (κ1) is 22.2. The summed E-state index contributed by atoms with van der Waals surface area (Å²) in [5.74, 6) is 0.0308. The first-order chi connectivity index (χ1) is 10.7. The molecule has 0 spiro atoms. The Kier molecular flexibility index (Phi) is 14.0. The van der Waals surface area contributed by atoms with Crippen LogP contribution in [0.2, 0.25) is 0 Å². The molecule has 124 valence electrons. The topological polar surface area (TPSA) is 52.3 Å². The van der Waals surface area contributed by atoms with Crippen molar-refractivity contribution in [3.05, 3.63) is 41.7 Å². The van der Waals surface area contributed by atoms with Gasteiger partial charge < -0.3 is 9.26 Å². The number of hydrogen-bond donors (Lipinski definition) is 0. The molecule has 0 aliphatic carbocycles. The maximum absolute atomic E-state index is 11.6. The minimum atomic E-state index is -0.433. The van der Waals surface area contributed by atoms with Crippen LogP contribution in [-0.2, 0) is 4.74 Å². The molecule has 0 radical (unpaired) electrons. The van der Waals surface area contributed by atoms with Crippen molar-refractivity contribution < 1.29 is 14.1 Å². The summed E-state index contributed by atoms with van der Waals surface area (Å²) >= 11 is 0. The molecule has 4 nitrogen and oxygen atoms in total. The molecule has 0 aliphatic rings. The molecule has 2 rings (SSSR count). The van der Waals surface area contributed by atoms with Crippen LogP contribution in [0.3, 0.4) is 0 Å². The van der Waals surface area contributed by atoms with Crippen LogP contribution in [-0.4, -0.2) is 18.2 Å². The smallest absolute Gasteiger partial charge is 0.343 e. The summed E-state index contributed by atoms with van der Waals surface area (Å²) in [6, 6.07) is 9.38. The van der Waals surface area contributed by atoms with Crippen LogP contribution in [0, 0.1) is 6.92 Å². The highest BCUT2D eigenvalue weighted by Crippen LogP contribution is 2.25. The summed E-state index contributed by atoms with van der Waals surface area (Å²) in [5.41, 5.74) is 1.73. The molecule has 0 atom stereocenters. The van der Waals surface area contributed by atoms with E-state index in [9.17, 15) is 4.79 Å². The summed E-state index contributed by atoms with van der Waals surface area (Å²) in [7, 11) is 1.34. The Hall–Kier alpha value is -2.10. The van der Waals surface area contributed by atoms with E-state index >= 15 is 0 Å². The van der Waals surface area contributed by atoms with Gasteiger partial charge >= 0.3 is 5.97 Å². The van der Waals surface area contributed by atoms with Crippen LogP contribution in [0.15, 0.2) is 34.9 Å². The molecule has 0 aliphatic heterocycles. The van der Waals surface area contributed by atoms with Crippen LogP contribution in [0.5, 0.6) is 0 Å². The average molecular weight is 307 g/mol. The van der Waals surface area contributed by atoms with Crippen LogP contribution < -0.4 is 0 Å². The number of ether oxygens (including phenoxy) is 1. The number of carbonyl (C=O) groups excluding carboxylic acids is 1. The summed E-state index contributed by atoms with van der Waals surface area (Å²) in [6.07, 6.45) is 0. The van der Waals surface area contributed by atoms with Gasteiger partial charge in [-0.05, 0) is 6.92 Å². The first-order valence-corrected chi connectivity index (χ1v) is 7.84. The van der Waals surface area contributed by atoms with E-state index in [1.165, 1.54) is 7.11 Å². The maximum Gasteiger partial charge on any atom is 0.343 e. The fourth-order valence-electron chi connectivity index (χ4n) is 1.51. The lowest BCUT2D eigenvalue weighted by Crippen LogP contribution is -2.03. The molecule has 2 aromatic rings. The molecule has 1 heterocycles. The minimum absolute atomic E-state index is 0.383. The second kappa shape index (κ2) is 13.9. The average Bonchev–Trinajstić information content (AvgIpc) is 3.02. The Labute approximate surface area is 134 Å². The predicted molar refractivity (Wildman–Crippen MR) is 92.1 cm³/mol. The van der Waals surface area contributed by atoms with Crippen molar-refractivity contribution in [1.82, 2.24) is 5.16 Å². The predicted octanol–water partition coefficient (Wildman–Crippen LogP) is 5.52. The third-order valence-corrected chi connectivity index (χ3v) is 2.30. The Bertz CT molecular complexity index is 504. The zero-order valence-corrected chi connectivity index (χ0v) is 15.1. The normalized spacial score (nSPS) is 8.18. The van der Waals surface area contributed by atoms with Gasteiger partial charge in [-0.3, -0.25) is 0 Å². The Morgan fingerprint density at radius 1 is 1.00 bits per heavy atom. The van der Waals surface area contributed by atoms with E-state index < -0.39 is 5.97 Å². The molecular weight excluding hydrogens is 278 g/mol. The summed E-state index contributed by atoms with van der Waals surface area (Å²) in [4.78, 5) is 11.6. The van der Waals surface area contributed by atoms with Crippen LogP contribution in [0.25, 0.3) is 11.3 Å². The fourth-order valence-corrected chi connectivity index (χ4v) is 1.51. The van der Waals surface area contributed by atoms with E-state index in [0.717, 1.165) is 5.56 Å². The van der Waals surface area contributed by atoms with Crippen molar-refractivity contribution in [3.8, 4) is 11.3 Å². The van der Waals surface area contributed by atoms with E-state index in [2.05, 4.69) is 5.16 Å². The lowest BCUT2D eigenvalue weighted by molar-refractivity contribution is 0.0599. The maximum atomic E-state index is 11.6. The van der Waals surface area contributed by atoms with Crippen molar-refractivity contribution in [2.45, 2.75) is 48.5 Å². The lowest BCUT2D eigenvalue weighted by atomic mass is 10.1. The van der Waals surface area contributed by atoms with E-state index in [-0.39, 0.29) is 0 Å². The van der Waals surface area contributed by atoms with Gasteiger partial charge in [-0.2, -0.15) is 0 Å². The SMILES string of the molecule is CC.CC.CC.COC(=O)c1c(-c2ccccc2)noc1C. The number of rotatable bonds is 2. The number of esters is 1.